The predicted octanol–water partition coefficient (Wildman–Crippen LogP) is 2.30. The molecular weight excluding hydrogens is 304 g/mol. The normalized spacial score (nSPS) is 13.6. The van der Waals surface area contributed by atoms with Crippen molar-refractivity contribution in [3.8, 4) is 0 Å². The molecule has 2 amide bonds. The van der Waals surface area contributed by atoms with Crippen LogP contribution in [0.1, 0.15) is 20.7 Å². The third kappa shape index (κ3) is 2.13. The highest BCUT2D eigenvalue weighted by Crippen LogP contribution is 2.22. The number of aromatic nitrogens is 1. The molecule has 0 atom stereocenters. The number of hydrogen-bond acceptors (Lipinski definition) is 3. The maximum absolute atomic E-state index is 12.5. The third-order valence-corrected chi connectivity index (χ3v) is 4.33. The van der Waals surface area contributed by atoms with E-state index in [0.29, 0.717) is 16.5 Å². The molecule has 1 aromatic heterocycles. The van der Waals surface area contributed by atoms with Crippen molar-refractivity contribution in [2.24, 2.45) is 0 Å². The summed E-state index contributed by atoms with van der Waals surface area (Å²) in [6, 6.07) is 16.0. The van der Waals surface area contributed by atoms with Gasteiger partial charge in [0.25, 0.3) is 17.4 Å². The van der Waals surface area contributed by atoms with Gasteiger partial charge >= 0.3 is 0 Å². The number of benzene rings is 2. The van der Waals surface area contributed by atoms with E-state index in [1.807, 2.05) is 24.3 Å². The standard InChI is InChI=1S/C19H14N2O3/c22-17-14-6-2-1-5-13(14)9-10-20(17)11-12-21-18(23)15-7-3-4-8-16(15)19(21)24/h1-10H,11-12H2. The smallest absolute Gasteiger partial charge is 0.261 e. The first-order chi connectivity index (χ1) is 11.7. The number of amides is 2. The highest BCUT2D eigenvalue weighted by atomic mass is 16.2. The van der Waals surface area contributed by atoms with E-state index in [2.05, 4.69) is 0 Å². The summed E-state index contributed by atoms with van der Waals surface area (Å²) < 4.78 is 1.53. The fraction of sp³-hybridized carbons (Fsp3) is 0.105. The maximum atomic E-state index is 12.5. The van der Waals surface area contributed by atoms with Crippen molar-refractivity contribution in [3.05, 3.63) is 82.3 Å². The van der Waals surface area contributed by atoms with Crippen molar-refractivity contribution < 1.29 is 9.59 Å². The SMILES string of the molecule is O=C1c2ccccc2C(=O)N1CCn1ccc2ccccc2c1=O. The Balaban J connectivity index is 1.61. The van der Waals surface area contributed by atoms with Crippen LogP contribution in [-0.2, 0) is 6.54 Å². The van der Waals surface area contributed by atoms with Crippen molar-refractivity contribution in [3.63, 3.8) is 0 Å². The van der Waals surface area contributed by atoms with Gasteiger partial charge in [0, 0.05) is 24.7 Å². The van der Waals surface area contributed by atoms with E-state index in [0.717, 1.165) is 5.39 Å². The minimum Gasteiger partial charge on any atom is -0.313 e. The number of imide groups is 1. The summed E-state index contributed by atoms with van der Waals surface area (Å²) in [5, 5.41) is 1.50. The Morgan fingerprint density at radius 3 is 2.04 bits per heavy atom. The first-order valence-electron chi connectivity index (χ1n) is 7.70. The lowest BCUT2D eigenvalue weighted by atomic mass is 10.1. The van der Waals surface area contributed by atoms with Crippen LogP contribution in [0.25, 0.3) is 10.8 Å². The Labute approximate surface area is 137 Å². The topological polar surface area (TPSA) is 59.4 Å². The monoisotopic (exact) mass is 318 g/mol. The van der Waals surface area contributed by atoms with Gasteiger partial charge in [-0.05, 0) is 29.7 Å². The fourth-order valence-corrected chi connectivity index (χ4v) is 3.06. The molecule has 5 heteroatoms. The highest BCUT2D eigenvalue weighted by molar-refractivity contribution is 6.21. The number of nitrogens with zero attached hydrogens (tertiary/aromatic N) is 2. The van der Waals surface area contributed by atoms with Gasteiger partial charge in [0.15, 0.2) is 0 Å². The van der Waals surface area contributed by atoms with E-state index < -0.39 is 0 Å². The van der Waals surface area contributed by atoms with Crippen molar-refractivity contribution >= 4 is 22.6 Å². The zero-order chi connectivity index (χ0) is 16.7. The van der Waals surface area contributed by atoms with E-state index in [9.17, 15) is 14.4 Å². The van der Waals surface area contributed by atoms with E-state index in [1.54, 1.807) is 36.5 Å². The van der Waals surface area contributed by atoms with E-state index in [1.165, 1.54) is 9.47 Å². The molecule has 0 radical (unpaired) electrons. The molecule has 0 fully saturated rings. The van der Waals surface area contributed by atoms with Gasteiger partial charge in [-0.25, -0.2) is 0 Å². The third-order valence-electron chi connectivity index (χ3n) is 4.33. The molecule has 0 saturated heterocycles. The van der Waals surface area contributed by atoms with Gasteiger partial charge in [-0.2, -0.15) is 0 Å². The molecule has 0 aliphatic carbocycles. The van der Waals surface area contributed by atoms with Gasteiger partial charge in [0.05, 0.1) is 11.1 Å². The van der Waals surface area contributed by atoms with Crippen LogP contribution in [0.5, 0.6) is 0 Å². The van der Waals surface area contributed by atoms with Gasteiger partial charge in [0.1, 0.15) is 0 Å². The zero-order valence-electron chi connectivity index (χ0n) is 12.8. The van der Waals surface area contributed by atoms with Gasteiger partial charge in [-0.3, -0.25) is 19.3 Å². The highest BCUT2D eigenvalue weighted by Gasteiger charge is 2.34. The second-order valence-corrected chi connectivity index (χ2v) is 5.71. The molecule has 0 spiro atoms. The number of fused-ring (bicyclic) bond motifs is 2. The molecule has 118 valence electrons. The molecule has 0 N–H and O–H groups in total. The van der Waals surface area contributed by atoms with Crippen LogP contribution in [0, 0.1) is 0 Å². The van der Waals surface area contributed by atoms with Gasteiger partial charge in [-0.1, -0.05) is 30.3 Å². The summed E-state index contributed by atoms with van der Waals surface area (Å²) >= 11 is 0. The van der Waals surface area contributed by atoms with E-state index >= 15 is 0 Å². The summed E-state index contributed by atoms with van der Waals surface area (Å²) in [6.45, 7) is 0.444. The molecule has 0 bridgehead atoms. The zero-order valence-corrected chi connectivity index (χ0v) is 12.8. The van der Waals surface area contributed by atoms with Crippen molar-refractivity contribution in [1.29, 1.82) is 0 Å². The number of carbonyl (C=O) groups excluding carboxylic acids is 2. The van der Waals surface area contributed by atoms with Crippen LogP contribution in [0.15, 0.2) is 65.6 Å². The summed E-state index contributed by atoms with van der Waals surface area (Å²) in [4.78, 5) is 38.4. The molecule has 4 rings (SSSR count). The number of hydrogen-bond donors (Lipinski definition) is 0. The minimum absolute atomic E-state index is 0.121. The second kappa shape index (κ2) is 5.45. The molecule has 0 saturated carbocycles. The van der Waals surface area contributed by atoms with E-state index in [4.69, 9.17) is 0 Å². The lowest BCUT2D eigenvalue weighted by Crippen LogP contribution is -2.35. The van der Waals surface area contributed by atoms with Crippen molar-refractivity contribution in [1.82, 2.24) is 9.47 Å². The summed E-state index contributed by atoms with van der Waals surface area (Å²) in [6.07, 6.45) is 1.70. The molecule has 1 aliphatic rings. The van der Waals surface area contributed by atoms with Crippen LogP contribution in [0.3, 0.4) is 0 Å². The average Bonchev–Trinajstić information content (AvgIpc) is 2.86. The molecule has 0 unspecified atom stereocenters. The lowest BCUT2D eigenvalue weighted by Gasteiger charge is -2.15. The number of carbonyl (C=O) groups is 2. The quantitative estimate of drug-likeness (QED) is 0.696. The van der Waals surface area contributed by atoms with Gasteiger partial charge < -0.3 is 4.57 Å². The van der Waals surface area contributed by atoms with E-state index in [-0.39, 0.29) is 30.5 Å². The first-order valence-corrected chi connectivity index (χ1v) is 7.70. The molecule has 2 aromatic carbocycles. The van der Waals surface area contributed by atoms with Crippen molar-refractivity contribution in [2.75, 3.05) is 6.54 Å². The maximum Gasteiger partial charge on any atom is 0.261 e. The summed E-state index contributed by atoms with van der Waals surface area (Å²) in [5.41, 5.74) is 0.728. The lowest BCUT2D eigenvalue weighted by molar-refractivity contribution is 0.0648. The Bertz CT molecular complexity index is 1000. The van der Waals surface area contributed by atoms with Crippen LogP contribution in [-0.4, -0.2) is 27.8 Å². The van der Waals surface area contributed by atoms with Crippen LogP contribution >= 0.6 is 0 Å². The Morgan fingerprint density at radius 1 is 0.708 bits per heavy atom. The molecule has 1 aliphatic heterocycles. The van der Waals surface area contributed by atoms with Crippen LogP contribution in [0.4, 0.5) is 0 Å². The van der Waals surface area contributed by atoms with Crippen LogP contribution < -0.4 is 5.56 Å². The molecular formula is C19H14N2O3. The Hall–Kier alpha value is -3.21. The minimum atomic E-state index is -0.301. The molecule has 3 aromatic rings. The first kappa shape index (κ1) is 14.4. The summed E-state index contributed by atoms with van der Waals surface area (Å²) in [7, 11) is 0. The Morgan fingerprint density at radius 2 is 1.33 bits per heavy atom. The van der Waals surface area contributed by atoms with Gasteiger partial charge in [0.2, 0.25) is 0 Å². The largest absolute Gasteiger partial charge is 0.313 e. The Kier molecular flexibility index (Phi) is 3.27. The van der Waals surface area contributed by atoms with Crippen LogP contribution in [0.2, 0.25) is 0 Å². The molecule has 24 heavy (non-hydrogen) atoms. The fourth-order valence-electron chi connectivity index (χ4n) is 3.06. The molecule has 5 nitrogen and oxygen atoms in total. The van der Waals surface area contributed by atoms with Gasteiger partial charge in [-0.15, -0.1) is 0 Å². The molecule has 2 heterocycles. The predicted molar refractivity (Wildman–Crippen MR) is 90.0 cm³/mol. The summed E-state index contributed by atoms with van der Waals surface area (Å²) in [5.74, 6) is -0.603. The number of pyridine rings is 1. The average molecular weight is 318 g/mol. The second-order valence-electron chi connectivity index (χ2n) is 5.71. The van der Waals surface area contributed by atoms with Crippen molar-refractivity contribution in [2.45, 2.75) is 6.54 Å². The number of rotatable bonds is 3.